The molecule has 0 radical (unpaired) electrons. The van der Waals surface area contributed by atoms with Gasteiger partial charge in [0.05, 0.1) is 26.6 Å². The van der Waals surface area contributed by atoms with Crippen LogP contribution in [-0.4, -0.2) is 20.2 Å². The summed E-state index contributed by atoms with van der Waals surface area (Å²) < 4.78 is 0. The van der Waals surface area contributed by atoms with E-state index >= 15 is 0 Å². The van der Waals surface area contributed by atoms with Gasteiger partial charge in [-0.3, -0.25) is 5.10 Å². The number of hydrogen-bond acceptors (Lipinski definition) is 5. The molecule has 2 aromatic heterocycles. The number of nitrogens with one attached hydrogen (secondary N) is 1. The first-order valence-corrected chi connectivity index (χ1v) is 9.30. The number of nitrogen functional groups attached to an aromatic ring is 1. The van der Waals surface area contributed by atoms with Crippen molar-refractivity contribution >= 4 is 51.7 Å². The highest BCUT2D eigenvalue weighted by Crippen LogP contribution is 2.37. The minimum Gasteiger partial charge on any atom is -0.383 e. The molecule has 4 aromatic rings. The van der Waals surface area contributed by atoms with E-state index < -0.39 is 0 Å². The first kappa shape index (κ1) is 17.1. The summed E-state index contributed by atoms with van der Waals surface area (Å²) >= 11 is 13.7. The second kappa shape index (κ2) is 6.79. The van der Waals surface area contributed by atoms with Gasteiger partial charge in [0.2, 0.25) is 0 Å². The molecule has 0 unspecified atom stereocenters. The molecule has 8 heteroatoms. The van der Waals surface area contributed by atoms with Crippen LogP contribution in [0.25, 0.3) is 22.2 Å². The van der Waals surface area contributed by atoms with Crippen molar-refractivity contribution in [3.05, 3.63) is 58.2 Å². The number of aryl methyl sites for hydroxylation is 1. The third-order valence-corrected chi connectivity index (χ3v) is 5.69. The summed E-state index contributed by atoms with van der Waals surface area (Å²) in [5, 5.41) is 9.51. The lowest BCUT2D eigenvalue weighted by atomic mass is 10.1. The van der Waals surface area contributed by atoms with Gasteiger partial charge in [0.25, 0.3) is 0 Å². The molecular formula is C18H13Cl2N5S. The Bertz CT molecular complexity index is 1130. The van der Waals surface area contributed by atoms with E-state index in [0.29, 0.717) is 21.0 Å². The number of anilines is 1. The summed E-state index contributed by atoms with van der Waals surface area (Å²) in [4.78, 5) is 9.85. The first-order chi connectivity index (χ1) is 12.5. The van der Waals surface area contributed by atoms with E-state index in [4.69, 9.17) is 28.9 Å². The molecule has 2 aromatic carbocycles. The SMILES string of the molecule is Cc1cc(-c2cccc3nc(Sc4cccc(Cl)c4Cl)nc(N)c23)n[nH]1. The minimum absolute atomic E-state index is 0.395. The van der Waals surface area contributed by atoms with E-state index in [2.05, 4.69) is 20.2 Å². The maximum atomic E-state index is 6.26. The minimum atomic E-state index is 0.395. The molecule has 0 saturated carbocycles. The van der Waals surface area contributed by atoms with E-state index in [-0.39, 0.29) is 0 Å². The molecule has 26 heavy (non-hydrogen) atoms. The average molecular weight is 402 g/mol. The zero-order valence-electron chi connectivity index (χ0n) is 13.6. The number of nitrogens with zero attached hydrogens (tertiary/aromatic N) is 3. The summed E-state index contributed by atoms with van der Waals surface area (Å²) in [7, 11) is 0. The second-order valence-corrected chi connectivity index (χ2v) is 7.48. The highest BCUT2D eigenvalue weighted by molar-refractivity contribution is 7.99. The summed E-state index contributed by atoms with van der Waals surface area (Å²) in [5.74, 6) is 0.395. The molecule has 4 rings (SSSR count). The fourth-order valence-electron chi connectivity index (χ4n) is 2.67. The maximum absolute atomic E-state index is 6.26. The smallest absolute Gasteiger partial charge is 0.195 e. The number of hydrogen-bond donors (Lipinski definition) is 2. The summed E-state index contributed by atoms with van der Waals surface area (Å²) in [6.07, 6.45) is 0. The van der Waals surface area contributed by atoms with Crippen molar-refractivity contribution in [2.45, 2.75) is 17.0 Å². The van der Waals surface area contributed by atoms with Crippen molar-refractivity contribution in [1.29, 1.82) is 0 Å². The lowest BCUT2D eigenvalue weighted by molar-refractivity contribution is 1.01. The topological polar surface area (TPSA) is 80.5 Å². The zero-order chi connectivity index (χ0) is 18.3. The third kappa shape index (κ3) is 3.11. The van der Waals surface area contributed by atoms with Crippen molar-refractivity contribution < 1.29 is 0 Å². The molecule has 130 valence electrons. The van der Waals surface area contributed by atoms with Gasteiger partial charge in [-0.15, -0.1) is 0 Å². The van der Waals surface area contributed by atoms with Crippen molar-refractivity contribution in [2.75, 3.05) is 5.73 Å². The molecule has 0 fully saturated rings. The Morgan fingerprint density at radius 1 is 1.08 bits per heavy atom. The van der Waals surface area contributed by atoms with Crippen LogP contribution >= 0.6 is 35.0 Å². The standard InChI is InChI=1S/C18H13Cl2N5S/c1-9-8-13(25-24-9)10-4-2-6-12-15(10)17(21)23-18(22-12)26-14-7-3-5-11(19)16(14)20/h2-8H,1H3,(H,24,25)(H2,21,22,23). The Labute approximate surface area is 163 Å². The van der Waals surface area contributed by atoms with E-state index in [0.717, 1.165) is 32.7 Å². The highest BCUT2D eigenvalue weighted by atomic mass is 35.5. The largest absolute Gasteiger partial charge is 0.383 e. The molecule has 0 aliphatic heterocycles. The molecule has 0 spiro atoms. The van der Waals surface area contributed by atoms with Crippen LogP contribution in [0.15, 0.2) is 52.5 Å². The molecule has 0 saturated heterocycles. The molecule has 3 N–H and O–H groups in total. The Kier molecular flexibility index (Phi) is 4.48. The number of aromatic amines is 1. The van der Waals surface area contributed by atoms with E-state index in [1.165, 1.54) is 11.8 Å². The van der Waals surface area contributed by atoms with Gasteiger partial charge in [0.15, 0.2) is 5.16 Å². The first-order valence-electron chi connectivity index (χ1n) is 7.73. The van der Waals surface area contributed by atoms with Crippen molar-refractivity contribution in [3.8, 4) is 11.3 Å². The molecule has 0 aliphatic rings. The molecular weight excluding hydrogens is 389 g/mol. The van der Waals surface area contributed by atoms with Crippen LogP contribution in [0.4, 0.5) is 5.82 Å². The van der Waals surface area contributed by atoms with E-state index in [1.807, 2.05) is 43.3 Å². The molecule has 2 heterocycles. The van der Waals surface area contributed by atoms with Crippen LogP contribution in [0.1, 0.15) is 5.69 Å². The second-order valence-electron chi connectivity index (χ2n) is 5.68. The number of H-pyrrole nitrogens is 1. The molecule has 5 nitrogen and oxygen atoms in total. The Hall–Kier alpha value is -2.28. The monoisotopic (exact) mass is 401 g/mol. The highest BCUT2D eigenvalue weighted by Gasteiger charge is 2.15. The fourth-order valence-corrected chi connectivity index (χ4v) is 3.97. The molecule has 0 atom stereocenters. The number of benzene rings is 2. The normalized spacial score (nSPS) is 11.2. The van der Waals surface area contributed by atoms with Crippen molar-refractivity contribution in [1.82, 2.24) is 20.2 Å². The maximum Gasteiger partial charge on any atom is 0.195 e. The van der Waals surface area contributed by atoms with Gasteiger partial charge in [-0.05, 0) is 43.0 Å². The Morgan fingerprint density at radius 2 is 1.88 bits per heavy atom. The number of halogens is 2. The van der Waals surface area contributed by atoms with Gasteiger partial charge in [-0.25, -0.2) is 9.97 Å². The molecule has 0 amide bonds. The molecule has 0 aliphatic carbocycles. The van der Waals surface area contributed by atoms with Crippen LogP contribution in [0.2, 0.25) is 10.0 Å². The number of rotatable bonds is 3. The Morgan fingerprint density at radius 3 is 2.65 bits per heavy atom. The lowest BCUT2D eigenvalue weighted by Gasteiger charge is -2.09. The van der Waals surface area contributed by atoms with E-state index in [1.54, 1.807) is 6.07 Å². The summed E-state index contributed by atoms with van der Waals surface area (Å²) in [6.45, 7) is 1.95. The number of fused-ring (bicyclic) bond motifs is 1. The van der Waals surface area contributed by atoms with Gasteiger partial charge >= 0.3 is 0 Å². The third-order valence-electron chi connectivity index (χ3n) is 3.83. The van der Waals surface area contributed by atoms with Gasteiger partial charge < -0.3 is 5.73 Å². The van der Waals surface area contributed by atoms with Gasteiger partial charge in [0, 0.05) is 16.2 Å². The van der Waals surface area contributed by atoms with Crippen molar-refractivity contribution in [3.63, 3.8) is 0 Å². The average Bonchev–Trinajstić information content (AvgIpc) is 3.05. The van der Waals surface area contributed by atoms with Crippen LogP contribution in [0, 0.1) is 6.92 Å². The van der Waals surface area contributed by atoms with Crippen LogP contribution < -0.4 is 5.73 Å². The Balaban J connectivity index is 1.81. The quantitative estimate of drug-likeness (QED) is 0.451. The molecule has 0 bridgehead atoms. The van der Waals surface area contributed by atoms with E-state index in [9.17, 15) is 0 Å². The zero-order valence-corrected chi connectivity index (χ0v) is 16.0. The number of nitrogens with two attached hydrogens (primary N) is 1. The van der Waals surface area contributed by atoms with Gasteiger partial charge in [-0.1, -0.05) is 41.4 Å². The predicted octanol–water partition coefficient (Wildman–Crippen LogP) is 5.37. The lowest BCUT2D eigenvalue weighted by Crippen LogP contribution is -1.98. The predicted molar refractivity (Wildman–Crippen MR) is 107 cm³/mol. The van der Waals surface area contributed by atoms with Gasteiger partial charge in [-0.2, -0.15) is 5.10 Å². The van der Waals surface area contributed by atoms with Gasteiger partial charge in [0.1, 0.15) is 5.82 Å². The summed E-state index contributed by atoms with van der Waals surface area (Å²) in [5.41, 5.74) is 9.68. The summed E-state index contributed by atoms with van der Waals surface area (Å²) in [6, 6.07) is 13.2. The number of aromatic nitrogens is 4. The van der Waals surface area contributed by atoms with Crippen LogP contribution in [0.3, 0.4) is 0 Å². The van der Waals surface area contributed by atoms with Crippen molar-refractivity contribution in [2.24, 2.45) is 0 Å². The van der Waals surface area contributed by atoms with Crippen LogP contribution in [0.5, 0.6) is 0 Å². The fraction of sp³-hybridized carbons (Fsp3) is 0.0556. The van der Waals surface area contributed by atoms with Crippen LogP contribution in [-0.2, 0) is 0 Å².